The maximum absolute atomic E-state index is 9.08. The van der Waals surface area contributed by atoms with Gasteiger partial charge < -0.3 is 0 Å². The number of hydrogen-bond donors (Lipinski definition) is 0. The van der Waals surface area contributed by atoms with Crippen molar-refractivity contribution in [1.82, 2.24) is 9.38 Å². The standard InChI is InChI=1S/C34H19N3S/c35-20-21-9-11-22(12-10-21)23-13-15-24(16-14-23)25-17-18-31-28(19-25)32-33(38-31)26-5-1-2-6-27(26)34-36-29-7-3-4-8-30(29)37(32)34/h1-19H. The van der Waals surface area contributed by atoms with Gasteiger partial charge in [-0.25, -0.2) is 4.98 Å². The highest BCUT2D eigenvalue weighted by atomic mass is 32.1. The molecule has 3 heterocycles. The van der Waals surface area contributed by atoms with Gasteiger partial charge in [0.05, 0.1) is 32.9 Å². The summed E-state index contributed by atoms with van der Waals surface area (Å²) in [7, 11) is 0. The fourth-order valence-corrected chi connectivity index (χ4v) is 6.78. The quantitative estimate of drug-likeness (QED) is 0.237. The number of fused-ring (bicyclic) bond motifs is 10. The summed E-state index contributed by atoms with van der Waals surface area (Å²) < 4.78 is 4.91. The lowest BCUT2D eigenvalue weighted by Crippen LogP contribution is -1.89. The molecule has 0 aliphatic carbocycles. The van der Waals surface area contributed by atoms with Crippen LogP contribution in [0.25, 0.3) is 70.0 Å². The highest BCUT2D eigenvalue weighted by Gasteiger charge is 2.18. The number of hydrogen-bond acceptors (Lipinski definition) is 3. The maximum Gasteiger partial charge on any atom is 0.146 e. The first-order chi connectivity index (χ1) is 18.8. The minimum absolute atomic E-state index is 0.675. The molecule has 3 aromatic heterocycles. The van der Waals surface area contributed by atoms with Crippen molar-refractivity contribution in [3.8, 4) is 28.3 Å². The second kappa shape index (κ2) is 8.01. The number of thiophene rings is 1. The van der Waals surface area contributed by atoms with Crippen LogP contribution in [0, 0.1) is 11.3 Å². The van der Waals surface area contributed by atoms with Crippen LogP contribution in [-0.2, 0) is 0 Å². The summed E-state index contributed by atoms with van der Waals surface area (Å²) in [6.07, 6.45) is 0. The molecule has 0 spiro atoms. The zero-order valence-corrected chi connectivity index (χ0v) is 21.0. The molecule has 0 atom stereocenters. The van der Waals surface area contributed by atoms with E-state index < -0.39 is 0 Å². The van der Waals surface area contributed by atoms with E-state index >= 15 is 0 Å². The van der Waals surface area contributed by atoms with Crippen LogP contribution in [-0.4, -0.2) is 9.38 Å². The van der Waals surface area contributed by atoms with Crippen LogP contribution in [0.5, 0.6) is 0 Å². The lowest BCUT2D eigenvalue weighted by atomic mass is 9.99. The van der Waals surface area contributed by atoms with Gasteiger partial charge in [0.2, 0.25) is 0 Å². The van der Waals surface area contributed by atoms with E-state index in [1.54, 1.807) is 0 Å². The van der Waals surface area contributed by atoms with Gasteiger partial charge in [-0.15, -0.1) is 11.3 Å². The Morgan fingerprint density at radius 2 is 1.26 bits per heavy atom. The van der Waals surface area contributed by atoms with Gasteiger partial charge in [-0.3, -0.25) is 4.40 Å². The van der Waals surface area contributed by atoms with Crippen molar-refractivity contribution in [1.29, 1.82) is 5.26 Å². The Morgan fingerprint density at radius 3 is 2.03 bits per heavy atom. The molecule has 0 fully saturated rings. The van der Waals surface area contributed by atoms with Crippen LogP contribution in [0.1, 0.15) is 5.56 Å². The summed E-state index contributed by atoms with van der Waals surface area (Å²) in [6.45, 7) is 0. The number of benzene rings is 5. The van der Waals surface area contributed by atoms with Gasteiger partial charge >= 0.3 is 0 Å². The Labute approximate surface area is 222 Å². The molecule has 176 valence electrons. The molecule has 0 bridgehead atoms. The third-order valence-corrected chi connectivity index (χ3v) is 8.62. The number of aromatic nitrogens is 2. The van der Waals surface area contributed by atoms with Crippen LogP contribution in [0.4, 0.5) is 0 Å². The molecule has 0 N–H and O–H groups in total. The molecule has 4 heteroatoms. The summed E-state index contributed by atoms with van der Waals surface area (Å²) in [5, 5.41) is 12.8. The molecule has 0 unspecified atom stereocenters. The van der Waals surface area contributed by atoms with E-state index in [4.69, 9.17) is 10.2 Å². The fraction of sp³-hybridized carbons (Fsp3) is 0. The van der Waals surface area contributed by atoms with E-state index in [2.05, 4.69) is 101 Å². The first-order valence-corrected chi connectivity index (χ1v) is 13.4. The van der Waals surface area contributed by atoms with Crippen molar-refractivity contribution in [3.05, 3.63) is 121 Å². The lowest BCUT2D eigenvalue weighted by Gasteiger charge is -2.07. The van der Waals surface area contributed by atoms with Crippen LogP contribution in [0.15, 0.2) is 115 Å². The highest BCUT2D eigenvalue weighted by Crippen LogP contribution is 2.42. The Balaban J connectivity index is 1.36. The Hall–Kier alpha value is -4.98. The van der Waals surface area contributed by atoms with Crippen molar-refractivity contribution in [2.45, 2.75) is 0 Å². The molecule has 38 heavy (non-hydrogen) atoms. The summed E-state index contributed by atoms with van der Waals surface area (Å²) in [6, 6.07) is 42.4. The predicted octanol–water partition coefficient (Wildman–Crippen LogP) is 9.21. The van der Waals surface area contributed by atoms with Crippen LogP contribution < -0.4 is 0 Å². The molecule has 5 aromatic carbocycles. The van der Waals surface area contributed by atoms with Gasteiger partial charge in [0.25, 0.3) is 0 Å². The number of nitriles is 1. The largest absolute Gasteiger partial charge is 0.290 e. The molecule has 0 radical (unpaired) electrons. The molecule has 0 amide bonds. The second-order valence-electron chi connectivity index (χ2n) is 9.56. The Kier molecular flexibility index (Phi) is 4.46. The molecule has 8 aromatic rings. The minimum Gasteiger partial charge on any atom is -0.290 e. The number of pyridine rings is 1. The number of para-hydroxylation sites is 2. The van der Waals surface area contributed by atoms with E-state index in [9.17, 15) is 0 Å². The van der Waals surface area contributed by atoms with Crippen LogP contribution in [0.3, 0.4) is 0 Å². The fourth-order valence-electron chi connectivity index (χ4n) is 5.57. The van der Waals surface area contributed by atoms with E-state index in [0.717, 1.165) is 27.8 Å². The molecule has 0 saturated heterocycles. The summed E-state index contributed by atoms with van der Waals surface area (Å²) >= 11 is 1.85. The SMILES string of the molecule is N#Cc1ccc(-c2ccc(-c3ccc4sc5c6ccccc6c6nc7ccccc7n6c5c4c3)cc2)cc1. The lowest BCUT2D eigenvalue weighted by molar-refractivity contribution is 1.33. The number of rotatable bonds is 2. The average molecular weight is 502 g/mol. The molecular formula is C34H19N3S. The number of imidazole rings is 1. The van der Waals surface area contributed by atoms with Gasteiger partial charge in [-0.2, -0.15) is 5.26 Å². The predicted molar refractivity (Wildman–Crippen MR) is 159 cm³/mol. The van der Waals surface area contributed by atoms with E-state index in [1.807, 2.05) is 35.6 Å². The first-order valence-electron chi connectivity index (χ1n) is 12.5. The number of nitrogens with zero attached hydrogens (tertiary/aromatic N) is 3. The van der Waals surface area contributed by atoms with Crippen molar-refractivity contribution < 1.29 is 0 Å². The van der Waals surface area contributed by atoms with Crippen molar-refractivity contribution in [2.24, 2.45) is 0 Å². The topological polar surface area (TPSA) is 41.1 Å². The summed E-state index contributed by atoms with van der Waals surface area (Å²) in [5.74, 6) is 0. The zero-order valence-electron chi connectivity index (χ0n) is 20.2. The smallest absolute Gasteiger partial charge is 0.146 e. The zero-order chi connectivity index (χ0) is 25.2. The maximum atomic E-state index is 9.08. The highest BCUT2D eigenvalue weighted by molar-refractivity contribution is 7.26. The monoisotopic (exact) mass is 501 g/mol. The molecule has 0 aliphatic rings. The van der Waals surface area contributed by atoms with Gasteiger partial charge in [0.1, 0.15) is 5.65 Å². The van der Waals surface area contributed by atoms with Crippen LogP contribution >= 0.6 is 11.3 Å². The first kappa shape index (κ1) is 21.1. The molecular weight excluding hydrogens is 482 g/mol. The Morgan fingerprint density at radius 1 is 0.632 bits per heavy atom. The van der Waals surface area contributed by atoms with Crippen molar-refractivity contribution in [2.75, 3.05) is 0 Å². The molecule has 0 aliphatic heterocycles. The summed E-state index contributed by atoms with van der Waals surface area (Å²) in [4.78, 5) is 5.06. The third kappa shape index (κ3) is 3.03. The Bertz CT molecular complexity index is 2230. The minimum atomic E-state index is 0.675. The van der Waals surface area contributed by atoms with Gasteiger partial charge in [-0.1, -0.05) is 78.9 Å². The van der Waals surface area contributed by atoms with Crippen LogP contribution in [0.2, 0.25) is 0 Å². The van der Waals surface area contributed by atoms with Gasteiger partial charge in [-0.05, 0) is 58.7 Å². The van der Waals surface area contributed by atoms with Crippen molar-refractivity contribution >= 4 is 59.1 Å². The third-order valence-electron chi connectivity index (χ3n) is 7.42. The average Bonchev–Trinajstić information content (AvgIpc) is 3.56. The molecule has 8 rings (SSSR count). The van der Waals surface area contributed by atoms with Crippen molar-refractivity contribution in [3.63, 3.8) is 0 Å². The van der Waals surface area contributed by atoms with E-state index in [-0.39, 0.29) is 0 Å². The summed E-state index contributed by atoms with van der Waals surface area (Å²) in [5.41, 5.74) is 9.66. The second-order valence-corrected chi connectivity index (χ2v) is 10.6. The normalized spacial score (nSPS) is 11.7. The molecule has 3 nitrogen and oxygen atoms in total. The van der Waals surface area contributed by atoms with E-state index in [1.165, 1.54) is 42.2 Å². The van der Waals surface area contributed by atoms with E-state index in [0.29, 0.717) is 5.56 Å². The molecule has 0 saturated carbocycles. The van der Waals surface area contributed by atoms with Gasteiger partial charge in [0, 0.05) is 20.9 Å². The van der Waals surface area contributed by atoms with Gasteiger partial charge in [0.15, 0.2) is 0 Å².